The van der Waals surface area contributed by atoms with E-state index in [4.69, 9.17) is 5.73 Å². The summed E-state index contributed by atoms with van der Waals surface area (Å²) < 4.78 is 0. The molecule has 0 bridgehead atoms. The maximum atomic E-state index is 6.41. The van der Waals surface area contributed by atoms with E-state index in [-0.39, 0.29) is 6.04 Å². The van der Waals surface area contributed by atoms with Crippen LogP contribution in [0.25, 0.3) is 10.8 Å². The highest BCUT2D eigenvalue weighted by Gasteiger charge is 2.14. The monoisotopic (exact) mass is 256 g/mol. The van der Waals surface area contributed by atoms with Gasteiger partial charge in [0.1, 0.15) is 0 Å². The molecule has 0 amide bonds. The number of hydrogen-bond acceptors (Lipinski definition) is 2. The molecule has 2 unspecified atom stereocenters. The van der Waals surface area contributed by atoms with E-state index in [0.717, 1.165) is 13.0 Å². The van der Waals surface area contributed by atoms with Gasteiger partial charge in [-0.15, -0.1) is 0 Å². The molecule has 0 saturated heterocycles. The van der Waals surface area contributed by atoms with E-state index in [0.29, 0.717) is 6.04 Å². The lowest BCUT2D eigenvalue weighted by Gasteiger charge is -2.27. The minimum atomic E-state index is 0.0603. The summed E-state index contributed by atoms with van der Waals surface area (Å²) in [6.07, 6.45) is 1.15. The molecular weight excluding hydrogens is 232 g/mol. The Hall–Kier alpha value is -1.38. The van der Waals surface area contributed by atoms with E-state index >= 15 is 0 Å². The summed E-state index contributed by atoms with van der Waals surface area (Å²) >= 11 is 0. The average Bonchev–Trinajstić information content (AvgIpc) is 2.45. The zero-order valence-electron chi connectivity index (χ0n) is 12.1. The fraction of sp³-hybridized carbons (Fsp3) is 0.412. The van der Waals surface area contributed by atoms with Crippen molar-refractivity contribution in [3.8, 4) is 0 Å². The zero-order valence-corrected chi connectivity index (χ0v) is 12.1. The fourth-order valence-electron chi connectivity index (χ4n) is 2.47. The SMILES string of the molecule is CCC(C)N(C)CC(N)c1cccc2ccccc12. The van der Waals surface area contributed by atoms with Crippen molar-refractivity contribution in [2.75, 3.05) is 13.6 Å². The second-order valence-electron chi connectivity index (χ2n) is 5.37. The summed E-state index contributed by atoms with van der Waals surface area (Å²) in [7, 11) is 2.15. The zero-order chi connectivity index (χ0) is 13.8. The largest absolute Gasteiger partial charge is 0.323 e. The molecule has 0 heterocycles. The third kappa shape index (κ3) is 3.14. The summed E-state index contributed by atoms with van der Waals surface area (Å²) in [5.74, 6) is 0. The quantitative estimate of drug-likeness (QED) is 0.886. The van der Waals surface area contributed by atoms with Gasteiger partial charge in [0.15, 0.2) is 0 Å². The molecule has 0 aliphatic carbocycles. The van der Waals surface area contributed by atoms with Gasteiger partial charge in [-0.2, -0.15) is 0 Å². The highest BCUT2D eigenvalue weighted by Crippen LogP contribution is 2.23. The first-order valence-electron chi connectivity index (χ1n) is 7.07. The van der Waals surface area contributed by atoms with Crippen LogP contribution < -0.4 is 5.73 Å². The van der Waals surface area contributed by atoms with Crippen molar-refractivity contribution in [3.63, 3.8) is 0 Å². The fourth-order valence-corrected chi connectivity index (χ4v) is 2.47. The van der Waals surface area contributed by atoms with Gasteiger partial charge in [-0.25, -0.2) is 0 Å². The summed E-state index contributed by atoms with van der Waals surface area (Å²) in [5, 5.41) is 2.54. The molecule has 0 fully saturated rings. The lowest BCUT2D eigenvalue weighted by molar-refractivity contribution is 0.238. The normalized spacial score (nSPS) is 14.8. The lowest BCUT2D eigenvalue weighted by Crippen LogP contribution is -2.35. The van der Waals surface area contributed by atoms with E-state index in [1.165, 1.54) is 16.3 Å². The number of benzene rings is 2. The standard InChI is InChI=1S/C17H24N2/c1-4-13(2)19(3)12-17(18)16-11-7-9-14-8-5-6-10-15(14)16/h5-11,13,17H,4,12,18H2,1-3H3. The molecule has 2 nitrogen and oxygen atoms in total. The number of likely N-dealkylation sites (N-methyl/N-ethyl adjacent to an activating group) is 1. The smallest absolute Gasteiger partial charge is 0.0430 e. The van der Waals surface area contributed by atoms with Gasteiger partial charge in [-0.1, -0.05) is 49.4 Å². The topological polar surface area (TPSA) is 29.3 Å². The van der Waals surface area contributed by atoms with E-state index in [1.54, 1.807) is 0 Å². The van der Waals surface area contributed by atoms with Gasteiger partial charge in [0.05, 0.1) is 0 Å². The third-order valence-electron chi connectivity index (χ3n) is 4.05. The Kier molecular flexibility index (Phi) is 4.56. The van der Waals surface area contributed by atoms with Gasteiger partial charge in [0.2, 0.25) is 0 Å². The summed E-state index contributed by atoms with van der Waals surface area (Å²) in [6.45, 7) is 5.35. The number of nitrogens with zero attached hydrogens (tertiary/aromatic N) is 1. The molecule has 2 N–H and O–H groups in total. The van der Waals surface area contributed by atoms with Crippen LogP contribution in [-0.2, 0) is 0 Å². The molecule has 2 atom stereocenters. The van der Waals surface area contributed by atoms with Crippen LogP contribution in [0.1, 0.15) is 31.9 Å². The van der Waals surface area contributed by atoms with Gasteiger partial charge in [0, 0.05) is 18.6 Å². The minimum Gasteiger partial charge on any atom is -0.323 e. The average molecular weight is 256 g/mol. The van der Waals surface area contributed by atoms with Crippen molar-refractivity contribution in [3.05, 3.63) is 48.0 Å². The van der Waals surface area contributed by atoms with Crippen LogP contribution in [0.15, 0.2) is 42.5 Å². The Balaban J connectivity index is 2.24. The highest BCUT2D eigenvalue weighted by molar-refractivity contribution is 5.86. The van der Waals surface area contributed by atoms with E-state index in [1.807, 2.05) is 0 Å². The van der Waals surface area contributed by atoms with Gasteiger partial charge in [-0.05, 0) is 36.7 Å². The Labute approximate surface area is 116 Å². The summed E-state index contributed by atoms with van der Waals surface area (Å²) in [5.41, 5.74) is 7.66. The van der Waals surface area contributed by atoms with Gasteiger partial charge in [-0.3, -0.25) is 0 Å². The van der Waals surface area contributed by atoms with Crippen molar-refractivity contribution in [2.24, 2.45) is 5.73 Å². The third-order valence-corrected chi connectivity index (χ3v) is 4.05. The predicted molar refractivity (Wildman–Crippen MR) is 83.3 cm³/mol. The van der Waals surface area contributed by atoms with Crippen LogP contribution in [0.4, 0.5) is 0 Å². The first-order valence-corrected chi connectivity index (χ1v) is 7.07. The summed E-state index contributed by atoms with van der Waals surface area (Å²) in [4.78, 5) is 2.34. The maximum absolute atomic E-state index is 6.41. The van der Waals surface area contributed by atoms with Crippen molar-refractivity contribution in [1.29, 1.82) is 0 Å². The van der Waals surface area contributed by atoms with Gasteiger partial charge in [0.25, 0.3) is 0 Å². The second kappa shape index (κ2) is 6.18. The highest BCUT2D eigenvalue weighted by atomic mass is 15.1. The van der Waals surface area contributed by atoms with E-state index in [9.17, 15) is 0 Å². The maximum Gasteiger partial charge on any atom is 0.0430 e. The van der Waals surface area contributed by atoms with Crippen molar-refractivity contribution < 1.29 is 0 Å². The van der Waals surface area contributed by atoms with Crippen molar-refractivity contribution in [2.45, 2.75) is 32.4 Å². The molecule has 0 aliphatic heterocycles. The molecule has 0 saturated carbocycles. The number of hydrogen-bond donors (Lipinski definition) is 1. The van der Waals surface area contributed by atoms with Crippen molar-refractivity contribution >= 4 is 10.8 Å². The van der Waals surface area contributed by atoms with Crippen LogP contribution in [-0.4, -0.2) is 24.5 Å². The molecule has 0 aliphatic rings. The molecule has 2 aromatic rings. The second-order valence-corrected chi connectivity index (χ2v) is 5.37. The Morgan fingerprint density at radius 2 is 1.79 bits per heavy atom. The Morgan fingerprint density at radius 1 is 1.11 bits per heavy atom. The minimum absolute atomic E-state index is 0.0603. The predicted octanol–water partition coefficient (Wildman–Crippen LogP) is 3.57. The van der Waals surface area contributed by atoms with Crippen molar-refractivity contribution in [1.82, 2.24) is 4.90 Å². The molecule has 0 aromatic heterocycles. The molecule has 0 radical (unpaired) electrons. The van der Waals surface area contributed by atoms with E-state index in [2.05, 4.69) is 68.3 Å². The molecule has 102 valence electrons. The molecule has 2 heteroatoms. The molecule has 2 rings (SSSR count). The van der Waals surface area contributed by atoms with E-state index < -0.39 is 0 Å². The first kappa shape index (κ1) is 14.0. The Morgan fingerprint density at radius 3 is 2.53 bits per heavy atom. The molecular formula is C17H24N2. The number of nitrogens with two attached hydrogens (primary N) is 1. The molecule has 2 aromatic carbocycles. The molecule has 0 spiro atoms. The van der Waals surface area contributed by atoms with Crippen LogP contribution >= 0.6 is 0 Å². The Bertz CT molecular complexity index is 530. The first-order chi connectivity index (χ1) is 9.13. The molecule has 19 heavy (non-hydrogen) atoms. The number of rotatable bonds is 5. The summed E-state index contributed by atoms with van der Waals surface area (Å²) in [6, 6.07) is 15.5. The lowest BCUT2D eigenvalue weighted by atomic mass is 9.98. The van der Waals surface area contributed by atoms with Gasteiger partial charge < -0.3 is 10.6 Å². The van der Waals surface area contributed by atoms with Crippen LogP contribution in [0.2, 0.25) is 0 Å². The van der Waals surface area contributed by atoms with Gasteiger partial charge >= 0.3 is 0 Å². The van der Waals surface area contributed by atoms with Crippen LogP contribution in [0.3, 0.4) is 0 Å². The van der Waals surface area contributed by atoms with Crippen LogP contribution in [0, 0.1) is 0 Å². The van der Waals surface area contributed by atoms with Crippen LogP contribution in [0.5, 0.6) is 0 Å². The number of fused-ring (bicyclic) bond motifs is 1.